The topological polar surface area (TPSA) is 56.7 Å². The molecule has 0 radical (unpaired) electrons. The molecule has 2 aromatic rings. The predicted molar refractivity (Wildman–Crippen MR) is 60.3 cm³/mol. The number of nitrogens with two attached hydrogens (primary N) is 1. The van der Waals surface area contributed by atoms with Gasteiger partial charge < -0.3 is 5.73 Å². The maximum atomic E-state index is 5.69. The third-order valence-corrected chi connectivity index (χ3v) is 3.27. The Labute approximate surface area is 93.9 Å². The molecule has 0 aromatic carbocycles. The Kier molecular flexibility index (Phi) is 2.56. The van der Waals surface area contributed by atoms with Gasteiger partial charge in [-0.2, -0.15) is 5.10 Å². The Morgan fingerprint density at radius 1 is 1.64 bits per heavy atom. The smallest absolute Gasteiger partial charge is 0.115 e. The van der Waals surface area contributed by atoms with Gasteiger partial charge in [0.1, 0.15) is 5.01 Å². The van der Waals surface area contributed by atoms with Crippen LogP contribution in [0.5, 0.6) is 0 Å². The van der Waals surface area contributed by atoms with Gasteiger partial charge in [-0.15, -0.1) is 11.3 Å². The molecule has 2 heterocycles. The predicted octanol–water partition coefficient (Wildman–Crippen LogP) is 2.04. The number of thiazole rings is 1. The van der Waals surface area contributed by atoms with Crippen molar-refractivity contribution >= 4 is 33.0 Å². The first-order valence-corrected chi connectivity index (χ1v) is 5.66. The van der Waals surface area contributed by atoms with Gasteiger partial charge in [0.2, 0.25) is 0 Å². The summed E-state index contributed by atoms with van der Waals surface area (Å²) >= 11 is 4.97. The fourth-order valence-corrected chi connectivity index (χ4v) is 2.41. The van der Waals surface area contributed by atoms with Crippen molar-refractivity contribution in [2.45, 2.75) is 13.5 Å². The molecule has 0 atom stereocenters. The van der Waals surface area contributed by atoms with Gasteiger partial charge >= 0.3 is 0 Å². The molecule has 0 spiro atoms. The van der Waals surface area contributed by atoms with Crippen LogP contribution in [0, 0.1) is 6.92 Å². The van der Waals surface area contributed by atoms with E-state index in [-0.39, 0.29) is 0 Å². The Hall–Kier alpha value is -0.880. The Morgan fingerprint density at radius 2 is 2.43 bits per heavy atom. The van der Waals surface area contributed by atoms with E-state index >= 15 is 0 Å². The second-order valence-corrected chi connectivity index (χ2v) is 5.42. The Balaban J connectivity index is 2.18. The van der Waals surface area contributed by atoms with Gasteiger partial charge in [0.15, 0.2) is 0 Å². The van der Waals surface area contributed by atoms with Crippen LogP contribution in [0.25, 0.3) is 0 Å². The highest BCUT2D eigenvalue weighted by molar-refractivity contribution is 9.11. The van der Waals surface area contributed by atoms with Crippen LogP contribution in [0.3, 0.4) is 0 Å². The summed E-state index contributed by atoms with van der Waals surface area (Å²) in [5.41, 5.74) is 7.27. The van der Waals surface area contributed by atoms with Crippen LogP contribution < -0.4 is 5.73 Å². The Morgan fingerprint density at radius 3 is 2.93 bits per heavy atom. The van der Waals surface area contributed by atoms with Gasteiger partial charge in [-0.3, -0.25) is 4.68 Å². The van der Waals surface area contributed by atoms with Gasteiger partial charge in [0, 0.05) is 6.20 Å². The molecular weight excluding hydrogens is 264 g/mol. The monoisotopic (exact) mass is 272 g/mol. The molecule has 0 saturated heterocycles. The van der Waals surface area contributed by atoms with Gasteiger partial charge in [-0.05, 0) is 22.9 Å². The van der Waals surface area contributed by atoms with Crippen molar-refractivity contribution in [1.29, 1.82) is 0 Å². The van der Waals surface area contributed by atoms with Crippen molar-refractivity contribution in [2.75, 3.05) is 5.73 Å². The molecule has 2 aromatic heterocycles. The van der Waals surface area contributed by atoms with Gasteiger partial charge in [-0.25, -0.2) is 4.98 Å². The summed E-state index contributed by atoms with van der Waals surface area (Å²) in [6.45, 7) is 2.57. The molecule has 14 heavy (non-hydrogen) atoms. The number of hydrogen-bond acceptors (Lipinski definition) is 4. The van der Waals surface area contributed by atoms with E-state index in [1.165, 1.54) is 0 Å². The molecule has 0 saturated carbocycles. The molecule has 0 aliphatic carbocycles. The summed E-state index contributed by atoms with van der Waals surface area (Å²) in [5.74, 6) is 0. The molecule has 0 amide bonds. The summed E-state index contributed by atoms with van der Waals surface area (Å²) in [6, 6.07) is 0. The first kappa shape index (κ1) is 9.67. The van der Waals surface area contributed by atoms with Gasteiger partial charge in [-0.1, -0.05) is 0 Å². The Bertz CT molecular complexity index is 428. The van der Waals surface area contributed by atoms with Crippen LogP contribution in [0.15, 0.2) is 16.2 Å². The highest BCUT2D eigenvalue weighted by atomic mass is 79.9. The molecule has 6 heteroatoms. The van der Waals surface area contributed by atoms with E-state index in [2.05, 4.69) is 26.0 Å². The van der Waals surface area contributed by atoms with Crippen LogP contribution >= 0.6 is 27.3 Å². The van der Waals surface area contributed by atoms with E-state index in [0.717, 1.165) is 20.2 Å². The fraction of sp³-hybridized carbons (Fsp3) is 0.250. The first-order chi connectivity index (χ1) is 6.65. The molecule has 0 aliphatic rings. The van der Waals surface area contributed by atoms with E-state index in [0.29, 0.717) is 6.54 Å². The zero-order valence-electron chi connectivity index (χ0n) is 7.57. The lowest BCUT2D eigenvalue weighted by atomic mass is 10.4. The minimum atomic E-state index is 0.675. The van der Waals surface area contributed by atoms with Crippen LogP contribution in [0.4, 0.5) is 5.69 Å². The number of nitrogens with zero attached hydrogens (tertiary/aromatic N) is 3. The maximum absolute atomic E-state index is 5.69. The van der Waals surface area contributed by atoms with Gasteiger partial charge in [0.05, 0.1) is 27.9 Å². The van der Waals surface area contributed by atoms with Crippen LogP contribution in [0.1, 0.15) is 10.7 Å². The standard InChI is InChI=1S/C8H9BrN4S/c1-5-6(10)3-13(12-5)4-8-11-2-7(9)14-8/h2-3H,4,10H2,1H3. The number of aromatic nitrogens is 3. The zero-order valence-corrected chi connectivity index (χ0v) is 9.97. The normalized spacial score (nSPS) is 10.7. The lowest BCUT2D eigenvalue weighted by Crippen LogP contribution is -1.99. The van der Waals surface area contributed by atoms with E-state index in [1.807, 2.05) is 13.1 Å². The third-order valence-electron chi connectivity index (χ3n) is 1.81. The zero-order chi connectivity index (χ0) is 10.1. The first-order valence-electron chi connectivity index (χ1n) is 4.05. The molecular formula is C8H9BrN4S. The van der Waals surface area contributed by atoms with Crippen molar-refractivity contribution in [2.24, 2.45) is 0 Å². The summed E-state index contributed by atoms with van der Waals surface area (Å²) in [5, 5.41) is 5.27. The molecule has 0 unspecified atom stereocenters. The molecule has 2 N–H and O–H groups in total. The number of halogens is 1. The quantitative estimate of drug-likeness (QED) is 0.911. The average Bonchev–Trinajstić information content (AvgIpc) is 2.62. The molecule has 4 nitrogen and oxygen atoms in total. The summed E-state index contributed by atoms with van der Waals surface area (Å²) in [4.78, 5) is 4.22. The number of aryl methyl sites for hydroxylation is 1. The molecule has 74 valence electrons. The minimum Gasteiger partial charge on any atom is -0.396 e. The maximum Gasteiger partial charge on any atom is 0.115 e. The van der Waals surface area contributed by atoms with Crippen molar-refractivity contribution in [3.8, 4) is 0 Å². The number of hydrogen-bond donors (Lipinski definition) is 1. The average molecular weight is 273 g/mol. The minimum absolute atomic E-state index is 0.675. The summed E-state index contributed by atoms with van der Waals surface area (Å²) in [6.07, 6.45) is 3.62. The number of rotatable bonds is 2. The van der Waals surface area contributed by atoms with E-state index < -0.39 is 0 Å². The van der Waals surface area contributed by atoms with Crippen LogP contribution in [-0.4, -0.2) is 14.8 Å². The highest BCUT2D eigenvalue weighted by Gasteiger charge is 2.04. The molecule has 0 bridgehead atoms. The van der Waals surface area contributed by atoms with Gasteiger partial charge in [0.25, 0.3) is 0 Å². The van der Waals surface area contributed by atoms with Crippen molar-refractivity contribution in [3.05, 3.63) is 26.9 Å². The highest BCUT2D eigenvalue weighted by Crippen LogP contribution is 2.20. The van der Waals surface area contributed by atoms with E-state index in [1.54, 1.807) is 22.2 Å². The van der Waals surface area contributed by atoms with Crippen molar-refractivity contribution < 1.29 is 0 Å². The summed E-state index contributed by atoms with van der Waals surface area (Å²) < 4.78 is 2.83. The van der Waals surface area contributed by atoms with E-state index in [9.17, 15) is 0 Å². The largest absolute Gasteiger partial charge is 0.396 e. The van der Waals surface area contributed by atoms with Crippen LogP contribution in [-0.2, 0) is 6.54 Å². The lowest BCUT2D eigenvalue weighted by Gasteiger charge is -1.95. The fourth-order valence-electron chi connectivity index (χ4n) is 1.11. The summed E-state index contributed by atoms with van der Waals surface area (Å²) in [7, 11) is 0. The lowest BCUT2D eigenvalue weighted by molar-refractivity contribution is 0.676. The van der Waals surface area contributed by atoms with Crippen molar-refractivity contribution in [3.63, 3.8) is 0 Å². The molecule has 0 fully saturated rings. The second-order valence-electron chi connectivity index (χ2n) is 2.93. The number of anilines is 1. The van der Waals surface area contributed by atoms with Crippen molar-refractivity contribution in [1.82, 2.24) is 14.8 Å². The third kappa shape index (κ3) is 1.96. The SMILES string of the molecule is Cc1nn(Cc2ncc(Br)s2)cc1N. The van der Waals surface area contributed by atoms with E-state index in [4.69, 9.17) is 5.73 Å². The molecule has 2 rings (SSSR count). The molecule has 0 aliphatic heterocycles. The number of nitrogen functional groups attached to an aromatic ring is 1. The second kappa shape index (κ2) is 3.70. The van der Waals surface area contributed by atoms with Crippen LogP contribution in [0.2, 0.25) is 0 Å².